The fourth-order valence-electron chi connectivity index (χ4n) is 0.537. The fraction of sp³-hybridized carbons (Fsp3) is 0.500. The van der Waals surface area contributed by atoms with Crippen molar-refractivity contribution in [1.82, 2.24) is 9.80 Å². The number of likely N-dealkylation sites (N-methyl/N-ethyl adjacent to an activating group) is 2. The Bertz CT molecular complexity index is 244. The first-order chi connectivity index (χ1) is 5.86. The van der Waals surface area contributed by atoms with E-state index in [4.69, 9.17) is 5.11 Å². The normalized spacial score (nSPS) is 10.9. The second kappa shape index (κ2) is 4.49. The van der Waals surface area contributed by atoms with Crippen LogP contribution in [0.5, 0.6) is 0 Å². The molecule has 5 heteroatoms. The molecule has 0 fully saturated rings. The van der Waals surface area contributed by atoms with Crippen molar-refractivity contribution < 1.29 is 14.7 Å². The lowest BCUT2D eigenvalue weighted by atomic mass is 10.4. The van der Waals surface area contributed by atoms with Crippen molar-refractivity contribution in [3.63, 3.8) is 0 Å². The van der Waals surface area contributed by atoms with Crippen molar-refractivity contribution in [3.05, 3.63) is 11.8 Å². The van der Waals surface area contributed by atoms with Gasteiger partial charge in [-0.1, -0.05) is 0 Å². The van der Waals surface area contributed by atoms with Gasteiger partial charge in [-0.15, -0.1) is 0 Å². The Hall–Kier alpha value is -1.52. The zero-order chi connectivity index (χ0) is 10.6. The summed E-state index contributed by atoms with van der Waals surface area (Å²) in [4.78, 5) is 24.5. The van der Waals surface area contributed by atoms with Crippen molar-refractivity contribution in [3.8, 4) is 0 Å². The molecule has 0 aromatic carbocycles. The van der Waals surface area contributed by atoms with E-state index in [0.29, 0.717) is 0 Å². The molecule has 74 valence electrons. The summed E-state index contributed by atoms with van der Waals surface area (Å²) < 4.78 is 0. The summed E-state index contributed by atoms with van der Waals surface area (Å²) in [6, 6.07) is 0. The molecule has 1 N–H and O–H groups in total. The lowest BCUT2D eigenvalue weighted by Gasteiger charge is -2.10. The van der Waals surface area contributed by atoms with Gasteiger partial charge in [0.1, 0.15) is 0 Å². The highest BCUT2D eigenvalue weighted by Gasteiger charge is 2.12. The molecule has 0 aliphatic rings. The Morgan fingerprint density at radius 2 is 1.54 bits per heavy atom. The van der Waals surface area contributed by atoms with Crippen molar-refractivity contribution >= 4 is 11.8 Å². The minimum absolute atomic E-state index is 0.423. The first-order valence-electron chi connectivity index (χ1n) is 3.70. The highest BCUT2D eigenvalue weighted by molar-refractivity contribution is 5.98. The molecule has 2 amide bonds. The Balaban J connectivity index is 4.50. The molecular weight excluding hydrogens is 172 g/mol. The molecule has 0 aliphatic carbocycles. The van der Waals surface area contributed by atoms with Gasteiger partial charge in [0.05, 0.1) is 6.08 Å². The van der Waals surface area contributed by atoms with Gasteiger partial charge in [-0.2, -0.15) is 0 Å². The van der Waals surface area contributed by atoms with E-state index in [1.165, 1.54) is 38.0 Å². The van der Waals surface area contributed by atoms with Crippen LogP contribution in [0, 0.1) is 0 Å². The molecule has 0 bridgehead atoms. The minimum atomic E-state index is -0.588. The average Bonchev–Trinajstić information content (AvgIpc) is 2.02. The summed E-state index contributed by atoms with van der Waals surface area (Å²) in [5.41, 5.74) is 0. The summed E-state index contributed by atoms with van der Waals surface area (Å²) in [7, 11) is 6.05. The third-order valence-electron chi connectivity index (χ3n) is 1.33. The quantitative estimate of drug-likeness (QED) is 0.471. The van der Waals surface area contributed by atoms with Crippen molar-refractivity contribution in [2.75, 3.05) is 28.2 Å². The maximum atomic E-state index is 11.0. The Morgan fingerprint density at radius 3 is 1.85 bits per heavy atom. The summed E-state index contributed by atoms with van der Waals surface area (Å²) >= 11 is 0. The van der Waals surface area contributed by atoms with Crippen LogP contribution in [0.4, 0.5) is 0 Å². The molecule has 0 saturated carbocycles. The van der Waals surface area contributed by atoms with Gasteiger partial charge in [0.25, 0.3) is 5.91 Å². The largest absolute Gasteiger partial charge is 0.503 e. The minimum Gasteiger partial charge on any atom is -0.503 e. The zero-order valence-electron chi connectivity index (χ0n) is 8.24. The van der Waals surface area contributed by atoms with Gasteiger partial charge in [-0.05, 0) is 0 Å². The van der Waals surface area contributed by atoms with Gasteiger partial charge in [0, 0.05) is 28.2 Å². The van der Waals surface area contributed by atoms with E-state index in [0.717, 1.165) is 6.08 Å². The molecule has 0 atom stereocenters. The maximum Gasteiger partial charge on any atom is 0.288 e. The van der Waals surface area contributed by atoms with Gasteiger partial charge in [0.15, 0.2) is 5.76 Å². The van der Waals surface area contributed by atoms with Crippen LogP contribution in [-0.4, -0.2) is 54.9 Å². The molecule has 0 aromatic rings. The van der Waals surface area contributed by atoms with Crippen molar-refractivity contribution in [2.45, 2.75) is 0 Å². The third kappa shape index (κ3) is 3.59. The molecule has 0 spiro atoms. The number of carbonyl (C=O) groups is 2. The molecule has 0 aromatic heterocycles. The molecule has 5 nitrogen and oxygen atoms in total. The van der Waals surface area contributed by atoms with Crippen LogP contribution in [-0.2, 0) is 9.59 Å². The number of hydrogen-bond donors (Lipinski definition) is 1. The molecule has 0 radical (unpaired) electrons. The molecule has 0 saturated heterocycles. The highest BCUT2D eigenvalue weighted by atomic mass is 16.3. The van der Waals surface area contributed by atoms with Crippen LogP contribution in [0.3, 0.4) is 0 Å². The number of nitrogens with zero attached hydrogens (tertiary/aromatic N) is 2. The second-order valence-electron chi connectivity index (χ2n) is 2.96. The lowest BCUT2D eigenvalue weighted by Crippen LogP contribution is -2.26. The fourth-order valence-corrected chi connectivity index (χ4v) is 0.537. The third-order valence-corrected chi connectivity index (χ3v) is 1.33. The summed E-state index contributed by atoms with van der Waals surface area (Å²) in [5, 5.41) is 9.13. The van der Waals surface area contributed by atoms with Crippen LogP contribution >= 0.6 is 0 Å². The number of rotatable bonds is 2. The maximum absolute atomic E-state index is 11.0. The standard InChI is InChI=1S/C8H14N2O3/c1-9(2)7(12)5-6(11)8(13)10(3)4/h5,11H,1-4H3. The SMILES string of the molecule is CN(C)C(=O)C=C(O)C(=O)N(C)C. The smallest absolute Gasteiger partial charge is 0.288 e. The number of aliphatic hydroxyl groups is 1. The Kier molecular flexibility index (Phi) is 3.97. The topological polar surface area (TPSA) is 60.9 Å². The van der Waals surface area contributed by atoms with Crippen LogP contribution < -0.4 is 0 Å². The van der Waals surface area contributed by atoms with Crippen LogP contribution in [0.2, 0.25) is 0 Å². The van der Waals surface area contributed by atoms with E-state index in [9.17, 15) is 9.59 Å². The average molecular weight is 186 g/mol. The molecule has 0 rings (SSSR count). The van der Waals surface area contributed by atoms with E-state index in [-0.39, 0.29) is 0 Å². The molecule has 13 heavy (non-hydrogen) atoms. The Labute approximate surface area is 77.2 Å². The van der Waals surface area contributed by atoms with E-state index >= 15 is 0 Å². The summed E-state index contributed by atoms with van der Waals surface area (Å²) in [6.45, 7) is 0. The van der Waals surface area contributed by atoms with Gasteiger partial charge in [-0.3, -0.25) is 9.59 Å². The van der Waals surface area contributed by atoms with Crippen molar-refractivity contribution in [1.29, 1.82) is 0 Å². The predicted molar refractivity (Wildman–Crippen MR) is 48.1 cm³/mol. The number of amides is 2. The summed E-state index contributed by atoms with van der Waals surface area (Å²) in [6.07, 6.45) is 0.891. The van der Waals surface area contributed by atoms with E-state index in [1.807, 2.05) is 0 Å². The van der Waals surface area contributed by atoms with Crippen LogP contribution in [0.1, 0.15) is 0 Å². The van der Waals surface area contributed by atoms with Crippen LogP contribution in [0.15, 0.2) is 11.8 Å². The highest BCUT2D eigenvalue weighted by Crippen LogP contribution is 1.95. The first kappa shape index (κ1) is 11.5. The van der Waals surface area contributed by atoms with Gasteiger partial charge in [0.2, 0.25) is 5.91 Å². The van der Waals surface area contributed by atoms with E-state index in [1.54, 1.807) is 0 Å². The van der Waals surface area contributed by atoms with Gasteiger partial charge in [-0.25, -0.2) is 0 Å². The molecule has 0 heterocycles. The molecular formula is C8H14N2O3. The molecule has 0 unspecified atom stereocenters. The van der Waals surface area contributed by atoms with Crippen molar-refractivity contribution in [2.24, 2.45) is 0 Å². The predicted octanol–water partition coefficient (Wildman–Crippen LogP) is -0.395. The number of hydrogen-bond acceptors (Lipinski definition) is 3. The summed E-state index contributed by atoms with van der Waals surface area (Å²) in [5.74, 6) is -1.56. The van der Waals surface area contributed by atoms with E-state index in [2.05, 4.69) is 0 Å². The lowest BCUT2D eigenvalue weighted by molar-refractivity contribution is -0.129. The second-order valence-corrected chi connectivity index (χ2v) is 2.96. The monoisotopic (exact) mass is 186 g/mol. The number of aliphatic hydroxyl groups excluding tert-OH is 1. The van der Waals surface area contributed by atoms with Gasteiger partial charge < -0.3 is 14.9 Å². The Morgan fingerprint density at radius 1 is 1.08 bits per heavy atom. The van der Waals surface area contributed by atoms with Gasteiger partial charge >= 0.3 is 0 Å². The van der Waals surface area contributed by atoms with E-state index < -0.39 is 17.6 Å². The molecule has 0 aliphatic heterocycles. The van der Waals surface area contributed by atoms with Crippen LogP contribution in [0.25, 0.3) is 0 Å². The zero-order valence-corrected chi connectivity index (χ0v) is 8.24. The number of carbonyl (C=O) groups excluding carboxylic acids is 2. The first-order valence-corrected chi connectivity index (χ1v) is 3.70.